The van der Waals surface area contributed by atoms with Gasteiger partial charge in [0.1, 0.15) is 0 Å². The molecule has 1 fully saturated rings. The fourth-order valence-corrected chi connectivity index (χ4v) is 4.81. The van der Waals surface area contributed by atoms with Crippen LogP contribution >= 0.6 is 15.9 Å². The van der Waals surface area contributed by atoms with Crippen molar-refractivity contribution < 1.29 is 4.79 Å². The fourth-order valence-electron chi connectivity index (χ4n) is 3.43. The summed E-state index contributed by atoms with van der Waals surface area (Å²) in [6.45, 7) is 4.51. The van der Waals surface area contributed by atoms with E-state index >= 15 is 0 Å². The van der Waals surface area contributed by atoms with E-state index in [1.165, 1.54) is 5.56 Å². The number of fused-ring (bicyclic) bond motifs is 3. The summed E-state index contributed by atoms with van der Waals surface area (Å²) in [7, 11) is 0. The van der Waals surface area contributed by atoms with E-state index in [0.717, 1.165) is 18.4 Å². The Labute approximate surface area is 104 Å². The van der Waals surface area contributed by atoms with E-state index in [-0.39, 0.29) is 9.74 Å². The molecule has 2 atom stereocenters. The first-order chi connectivity index (χ1) is 7.44. The molecule has 0 heterocycles. The molecular formula is C14H15BrO. The van der Waals surface area contributed by atoms with Gasteiger partial charge in [-0.3, -0.25) is 4.79 Å². The van der Waals surface area contributed by atoms with Gasteiger partial charge in [0.05, 0.1) is 4.32 Å². The molecule has 16 heavy (non-hydrogen) atoms. The van der Waals surface area contributed by atoms with E-state index in [1.807, 2.05) is 18.2 Å². The molecule has 2 unspecified atom stereocenters. The molecule has 1 aromatic carbocycles. The molecule has 2 aliphatic rings. The van der Waals surface area contributed by atoms with Crippen molar-refractivity contribution >= 4 is 21.7 Å². The first-order valence-corrected chi connectivity index (χ1v) is 6.56. The average molecular weight is 279 g/mol. The first kappa shape index (κ1) is 10.5. The Balaban J connectivity index is 2.17. The summed E-state index contributed by atoms with van der Waals surface area (Å²) in [4.78, 5) is 12.4. The number of alkyl halides is 1. The lowest BCUT2D eigenvalue weighted by molar-refractivity contribution is 0.0951. The van der Waals surface area contributed by atoms with Crippen molar-refractivity contribution in [2.75, 3.05) is 0 Å². The molecule has 1 aromatic rings. The maximum atomic E-state index is 12.4. The average Bonchev–Trinajstić information content (AvgIpc) is 2.57. The van der Waals surface area contributed by atoms with Gasteiger partial charge in [-0.1, -0.05) is 54.0 Å². The van der Waals surface area contributed by atoms with E-state index in [2.05, 4.69) is 35.8 Å². The standard InChI is InChI=1S/C14H15BrO/c1-13(2)7-11-9-5-3-4-6-10(9)12(16)14(11,15)8-13/h3-6,11H,7-8H2,1-2H3. The minimum atomic E-state index is -0.319. The number of Topliss-reactive ketones (excluding diaryl/α,β-unsaturated/α-hetero) is 1. The number of carbonyl (C=O) groups excluding carboxylic acids is 1. The molecule has 1 saturated carbocycles. The monoisotopic (exact) mass is 278 g/mol. The Morgan fingerprint density at radius 1 is 1.31 bits per heavy atom. The molecule has 0 N–H and O–H groups in total. The lowest BCUT2D eigenvalue weighted by Gasteiger charge is -2.21. The molecule has 0 aliphatic heterocycles. The Morgan fingerprint density at radius 2 is 2.00 bits per heavy atom. The van der Waals surface area contributed by atoms with Crippen molar-refractivity contribution in [3.63, 3.8) is 0 Å². The van der Waals surface area contributed by atoms with Crippen molar-refractivity contribution in [1.29, 1.82) is 0 Å². The summed E-state index contributed by atoms with van der Waals surface area (Å²) < 4.78 is -0.319. The van der Waals surface area contributed by atoms with Gasteiger partial charge >= 0.3 is 0 Å². The van der Waals surface area contributed by atoms with Gasteiger partial charge in [0, 0.05) is 11.5 Å². The number of carbonyl (C=O) groups is 1. The number of halogens is 1. The molecule has 0 saturated heterocycles. The molecule has 0 spiro atoms. The van der Waals surface area contributed by atoms with E-state index in [1.54, 1.807) is 0 Å². The van der Waals surface area contributed by atoms with E-state index < -0.39 is 0 Å². The fraction of sp³-hybridized carbons (Fsp3) is 0.500. The zero-order valence-electron chi connectivity index (χ0n) is 9.59. The first-order valence-electron chi connectivity index (χ1n) is 5.77. The van der Waals surface area contributed by atoms with Crippen LogP contribution in [0.5, 0.6) is 0 Å². The van der Waals surface area contributed by atoms with Crippen LogP contribution in [0.4, 0.5) is 0 Å². The second-order valence-electron chi connectivity index (χ2n) is 5.88. The van der Waals surface area contributed by atoms with E-state index in [4.69, 9.17) is 0 Å². The van der Waals surface area contributed by atoms with Gasteiger partial charge in [-0.05, 0) is 23.8 Å². The molecule has 0 radical (unpaired) electrons. The normalized spacial score (nSPS) is 34.9. The Morgan fingerprint density at radius 3 is 2.75 bits per heavy atom. The zero-order chi connectivity index (χ0) is 11.6. The van der Waals surface area contributed by atoms with Crippen LogP contribution in [0, 0.1) is 5.41 Å². The summed E-state index contributed by atoms with van der Waals surface area (Å²) in [6.07, 6.45) is 2.04. The third-order valence-corrected chi connectivity index (χ3v) is 5.20. The molecule has 1 nitrogen and oxygen atoms in total. The van der Waals surface area contributed by atoms with Crippen LogP contribution in [0.25, 0.3) is 0 Å². The largest absolute Gasteiger partial charge is 0.293 e. The maximum absolute atomic E-state index is 12.4. The number of hydrogen-bond donors (Lipinski definition) is 0. The molecule has 84 valence electrons. The number of rotatable bonds is 0. The highest BCUT2D eigenvalue weighted by atomic mass is 79.9. The summed E-state index contributed by atoms with van der Waals surface area (Å²) in [5, 5.41) is 0. The SMILES string of the molecule is CC1(C)CC2c3ccccc3C(=O)C2(Br)C1. The molecule has 2 aliphatic carbocycles. The third-order valence-electron chi connectivity index (χ3n) is 4.00. The van der Waals surface area contributed by atoms with Gasteiger partial charge in [-0.15, -0.1) is 0 Å². The van der Waals surface area contributed by atoms with Crippen LogP contribution in [0.15, 0.2) is 24.3 Å². The van der Waals surface area contributed by atoms with Crippen LogP contribution in [0.2, 0.25) is 0 Å². The van der Waals surface area contributed by atoms with Crippen LogP contribution < -0.4 is 0 Å². The van der Waals surface area contributed by atoms with Gasteiger partial charge in [-0.2, -0.15) is 0 Å². The highest BCUT2D eigenvalue weighted by Crippen LogP contribution is 2.61. The number of ketones is 1. The summed E-state index contributed by atoms with van der Waals surface area (Å²) in [5.41, 5.74) is 2.44. The van der Waals surface area contributed by atoms with Crippen molar-refractivity contribution in [3.05, 3.63) is 35.4 Å². The van der Waals surface area contributed by atoms with Crippen molar-refractivity contribution in [2.24, 2.45) is 5.41 Å². The van der Waals surface area contributed by atoms with Gasteiger partial charge in [0.15, 0.2) is 5.78 Å². The number of benzene rings is 1. The zero-order valence-corrected chi connectivity index (χ0v) is 11.2. The maximum Gasteiger partial charge on any atom is 0.180 e. The smallest absolute Gasteiger partial charge is 0.180 e. The van der Waals surface area contributed by atoms with Crippen molar-refractivity contribution in [2.45, 2.75) is 36.9 Å². The van der Waals surface area contributed by atoms with Crippen LogP contribution in [-0.4, -0.2) is 10.1 Å². The summed E-state index contributed by atoms with van der Waals surface area (Å²) >= 11 is 3.74. The quantitative estimate of drug-likeness (QED) is 0.658. The van der Waals surface area contributed by atoms with Gasteiger partial charge in [-0.25, -0.2) is 0 Å². The van der Waals surface area contributed by atoms with E-state index in [9.17, 15) is 4.79 Å². The highest BCUT2D eigenvalue weighted by Gasteiger charge is 2.58. The van der Waals surface area contributed by atoms with Crippen molar-refractivity contribution in [3.8, 4) is 0 Å². The molecule has 2 heteroatoms. The molecule has 0 aromatic heterocycles. The lowest BCUT2D eigenvalue weighted by Crippen LogP contribution is -2.28. The topological polar surface area (TPSA) is 17.1 Å². The summed E-state index contributed by atoms with van der Waals surface area (Å²) in [6, 6.07) is 8.07. The molecular weight excluding hydrogens is 264 g/mol. The van der Waals surface area contributed by atoms with Crippen LogP contribution in [0.1, 0.15) is 48.5 Å². The molecule has 3 rings (SSSR count). The predicted octanol–water partition coefficient (Wildman–Crippen LogP) is 3.92. The molecule has 0 amide bonds. The highest BCUT2D eigenvalue weighted by molar-refractivity contribution is 9.10. The van der Waals surface area contributed by atoms with Gasteiger partial charge < -0.3 is 0 Å². The van der Waals surface area contributed by atoms with Gasteiger partial charge in [0.2, 0.25) is 0 Å². The second-order valence-corrected chi connectivity index (χ2v) is 7.29. The summed E-state index contributed by atoms with van der Waals surface area (Å²) in [5.74, 6) is 0.657. The second kappa shape index (κ2) is 2.98. The lowest BCUT2D eigenvalue weighted by atomic mass is 9.87. The van der Waals surface area contributed by atoms with Crippen molar-refractivity contribution in [1.82, 2.24) is 0 Å². The van der Waals surface area contributed by atoms with Gasteiger partial charge in [0.25, 0.3) is 0 Å². The minimum Gasteiger partial charge on any atom is -0.293 e. The number of hydrogen-bond acceptors (Lipinski definition) is 1. The van der Waals surface area contributed by atoms with Crippen LogP contribution in [0.3, 0.4) is 0 Å². The Kier molecular flexibility index (Phi) is 1.96. The van der Waals surface area contributed by atoms with Crippen LogP contribution in [-0.2, 0) is 0 Å². The minimum absolute atomic E-state index is 0.261. The molecule has 0 bridgehead atoms. The van der Waals surface area contributed by atoms with E-state index in [0.29, 0.717) is 11.7 Å². The Bertz CT molecular complexity index is 477. The predicted molar refractivity (Wildman–Crippen MR) is 68.2 cm³/mol. The Hall–Kier alpha value is -0.630. The third kappa shape index (κ3) is 1.20.